The van der Waals surface area contributed by atoms with E-state index in [1.54, 1.807) is 11.8 Å². The van der Waals surface area contributed by atoms with Crippen molar-refractivity contribution in [3.05, 3.63) is 53.9 Å². The third-order valence-corrected chi connectivity index (χ3v) is 5.15. The molecule has 0 N–H and O–H groups in total. The Balaban J connectivity index is 1.42. The molecule has 6 heteroatoms. The Hall–Kier alpha value is -2.47. The van der Waals surface area contributed by atoms with Crippen LogP contribution in [-0.4, -0.2) is 23.4 Å². The second kappa shape index (κ2) is 7.83. The molecule has 0 atom stereocenters. The van der Waals surface area contributed by atoms with Gasteiger partial charge in [-0.3, -0.25) is 0 Å². The van der Waals surface area contributed by atoms with Crippen LogP contribution >= 0.6 is 11.8 Å². The summed E-state index contributed by atoms with van der Waals surface area (Å²) in [5, 5.41) is 4.09. The Labute approximate surface area is 156 Å². The third-order valence-electron chi connectivity index (χ3n) is 4.17. The molecule has 1 aliphatic rings. The maximum Gasteiger partial charge on any atom is 0.237 e. The van der Waals surface area contributed by atoms with Crippen LogP contribution in [0, 0.1) is 0 Å². The lowest BCUT2D eigenvalue weighted by Crippen LogP contribution is -1.97. The highest BCUT2D eigenvalue weighted by atomic mass is 32.2. The molecule has 0 radical (unpaired) electrons. The highest BCUT2D eigenvalue weighted by molar-refractivity contribution is 7.98. The fraction of sp³-hybridized carbons (Fsp3) is 0.300. The van der Waals surface area contributed by atoms with Gasteiger partial charge in [-0.1, -0.05) is 36.3 Å². The number of benzene rings is 2. The molecule has 1 aromatic heterocycles. The van der Waals surface area contributed by atoms with Gasteiger partial charge in [-0.2, -0.15) is 4.98 Å². The van der Waals surface area contributed by atoms with E-state index in [9.17, 15) is 0 Å². The molecule has 26 heavy (non-hydrogen) atoms. The number of ether oxygens (including phenoxy) is 2. The fourth-order valence-electron chi connectivity index (χ4n) is 2.70. The summed E-state index contributed by atoms with van der Waals surface area (Å²) in [5.41, 5.74) is 2.26. The van der Waals surface area contributed by atoms with Gasteiger partial charge in [0.15, 0.2) is 11.5 Å². The van der Waals surface area contributed by atoms with Crippen molar-refractivity contribution in [1.82, 2.24) is 10.1 Å². The molecule has 0 saturated heterocycles. The van der Waals surface area contributed by atoms with Gasteiger partial charge in [0.25, 0.3) is 0 Å². The van der Waals surface area contributed by atoms with Gasteiger partial charge in [0.1, 0.15) is 0 Å². The highest BCUT2D eigenvalue weighted by Gasteiger charge is 2.13. The molecule has 0 saturated carbocycles. The van der Waals surface area contributed by atoms with Crippen LogP contribution in [0.25, 0.3) is 11.4 Å². The third kappa shape index (κ3) is 3.85. The Kier molecular flexibility index (Phi) is 5.11. The average molecular weight is 368 g/mol. The van der Waals surface area contributed by atoms with Gasteiger partial charge in [0.2, 0.25) is 11.7 Å². The predicted octanol–water partition coefficient (Wildman–Crippen LogP) is 4.75. The Morgan fingerprint density at radius 3 is 2.62 bits per heavy atom. The normalized spacial score (nSPS) is 13.4. The average Bonchev–Trinajstić information content (AvgIpc) is 3.04. The van der Waals surface area contributed by atoms with Crippen LogP contribution in [0.4, 0.5) is 0 Å². The number of aromatic nitrogens is 2. The van der Waals surface area contributed by atoms with Crippen LogP contribution in [0.2, 0.25) is 0 Å². The second-order valence-electron chi connectivity index (χ2n) is 6.01. The van der Waals surface area contributed by atoms with E-state index in [2.05, 4.69) is 29.2 Å². The molecule has 4 rings (SSSR count). The first-order chi connectivity index (χ1) is 12.8. The zero-order valence-electron chi connectivity index (χ0n) is 14.6. The largest absolute Gasteiger partial charge is 0.490 e. The van der Waals surface area contributed by atoms with Crippen molar-refractivity contribution in [3.63, 3.8) is 0 Å². The minimum Gasteiger partial charge on any atom is -0.490 e. The summed E-state index contributed by atoms with van der Waals surface area (Å²) in [7, 11) is 0. The van der Waals surface area contributed by atoms with Gasteiger partial charge in [-0.25, -0.2) is 0 Å². The minimum atomic E-state index is 0.608. The molecule has 0 unspecified atom stereocenters. The smallest absolute Gasteiger partial charge is 0.237 e. The van der Waals surface area contributed by atoms with Crippen molar-refractivity contribution in [2.45, 2.75) is 30.4 Å². The van der Waals surface area contributed by atoms with Gasteiger partial charge in [0.05, 0.1) is 19.0 Å². The summed E-state index contributed by atoms with van der Waals surface area (Å²) in [6, 6.07) is 14.2. The van der Waals surface area contributed by atoms with E-state index in [0.29, 0.717) is 30.7 Å². The Morgan fingerprint density at radius 1 is 1.00 bits per heavy atom. The monoisotopic (exact) mass is 368 g/mol. The van der Waals surface area contributed by atoms with E-state index >= 15 is 0 Å². The molecule has 0 bridgehead atoms. The number of aryl methyl sites for hydroxylation is 1. The molecule has 2 aromatic carbocycles. The number of hydrogen-bond acceptors (Lipinski definition) is 6. The maximum atomic E-state index is 5.73. The van der Waals surface area contributed by atoms with E-state index < -0.39 is 0 Å². The standard InChI is InChI=1S/C20H20N2O3S/c1-2-14-4-6-15(7-5-14)20-21-19(25-22-20)13-26-16-8-9-17-18(12-16)24-11-3-10-23-17/h4-9,12H,2-3,10-11,13H2,1H3. The van der Waals surface area contributed by atoms with Gasteiger partial charge in [0, 0.05) is 16.9 Å². The lowest BCUT2D eigenvalue weighted by Gasteiger charge is -2.08. The van der Waals surface area contributed by atoms with E-state index in [-0.39, 0.29) is 0 Å². The zero-order chi connectivity index (χ0) is 17.8. The van der Waals surface area contributed by atoms with E-state index in [4.69, 9.17) is 14.0 Å². The second-order valence-corrected chi connectivity index (χ2v) is 7.06. The van der Waals surface area contributed by atoms with Crippen LogP contribution < -0.4 is 9.47 Å². The van der Waals surface area contributed by atoms with Crippen LogP contribution in [-0.2, 0) is 12.2 Å². The Morgan fingerprint density at radius 2 is 1.81 bits per heavy atom. The number of fused-ring (bicyclic) bond motifs is 1. The molecule has 1 aliphatic heterocycles. The molecule has 3 aromatic rings. The summed E-state index contributed by atoms with van der Waals surface area (Å²) >= 11 is 1.64. The predicted molar refractivity (Wildman–Crippen MR) is 101 cm³/mol. The van der Waals surface area contributed by atoms with Crippen LogP contribution in [0.1, 0.15) is 24.8 Å². The number of thioether (sulfide) groups is 1. The van der Waals surface area contributed by atoms with E-state index in [0.717, 1.165) is 34.8 Å². The highest BCUT2D eigenvalue weighted by Crippen LogP contribution is 2.34. The van der Waals surface area contributed by atoms with Crippen molar-refractivity contribution >= 4 is 11.8 Å². The van der Waals surface area contributed by atoms with Crippen LogP contribution in [0.3, 0.4) is 0 Å². The summed E-state index contributed by atoms with van der Waals surface area (Å²) in [6.45, 7) is 3.52. The number of hydrogen-bond donors (Lipinski definition) is 0. The molecule has 0 aliphatic carbocycles. The minimum absolute atomic E-state index is 0.608. The molecule has 0 spiro atoms. The van der Waals surface area contributed by atoms with Crippen molar-refractivity contribution in [2.24, 2.45) is 0 Å². The first-order valence-corrected chi connectivity index (χ1v) is 9.75. The Bertz CT molecular complexity index is 877. The SMILES string of the molecule is CCc1ccc(-c2noc(CSc3ccc4c(c3)OCCCO4)n2)cc1. The van der Waals surface area contributed by atoms with Gasteiger partial charge < -0.3 is 14.0 Å². The number of nitrogens with zero attached hydrogens (tertiary/aromatic N) is 2. The van der Waals surface area contributed by atoms with Gasteiger partial charge in [-0.05, 0) is 30.2 Å². The van der Waals surface area contributed by atoms with Gasteiger partial charge >= 0.3 is 0 Å². The summed E-state index contributed by atoms with van der Waals surface area (Å²) in [4.78, 5) is 5.58. The summed E-state index contributed by atoms with van der Waals surface area (Å²) in [6.07, 6.45) is 1.92. The van der Waals surface area contributed by atoms with Crippen LogP contribution in [0.15, 0.2) is 51.9 Å². The van der Waals surface area contributed by atoms with E-state index in [1.807, 2.05) is 30.3 Å². The van der Waals surface area contributed by atoms with Crippen molar-refractivity contribution < 1.29 is 14.0 Å². The lowest BCUT2D eigenvalue weighted by atomic mass is 10.1. The van der Waals surface area contributed by atoms with Crippen molar-refractivity contribution in [1.29, 1.82) is 0 Å². The lowest BCUT2D eigenvalue weighted by molar-refractivity contribution is 0.297. The van der Waals surface area contributed by atoms with Crippen molar-refractivity contribution in [3.8, 4) is 22.9 Å². The summed E-state index contributed by atoms with van der Waals surface area (Å²) in [5.74, 6) is 3.45. The maximum absolute atomic E-state index is 5.73. The first kappa shape index (κ1) is 17.0. The quantitative estimate of drug-likeness (QED) is 0.606. The van der Waals surface area contributed by atoms with Gasteiger partial charge in [-0.15, -0.1) is 11.8 Å². The molecule has 134 valence electrons. The molecule has 5 nitrogen and oxygen atoms in total. The molecule has 2 heterocycles. The molecular formula is C20H20N2O3S. The van der Waals surface area contributed by atoms with Crippen molar-refractivity contribution in [2.75, 3.05) is 13.2 Å². The fourth-order valence-corrected chi connectivity index (χ4v) is 3.46. The van der Waals surface area contributed by atoms with E-state index in [1.165, 1.54) is 5.56 Å². The topological polar surface area (TPSA) is 57.4 Å². The zero-order valence-corrected chi connectivity index (χ0v) is 15.4. The molecule has 0 fully saturated rings. The number of rotatable bonds is 5. The molecular weight excluding hydrogens is 348 g/mol. The summed E-state index contributed by atoms with van der Waals surface area (Å²) < 4.78 is 16.8. The van der Waals surface area contributed by atoms with Crippen LogP contribution in [0.5, 0.6) is 11.5 Å². The first-order valence-electron chi connectivity index (χ1n) is 8.76. The molecule has 0 amide bonds.